The Hall–Kier alpha value is -1.20. The average Bonchev–Trinajstić information content (AvgIpc) is 2.65. The Balaban J connectivity index is 0.000000240. The van der Waals surface area contributed by atoms with Crippen LogP contribution in [-0.2, 0) is 22.7 Å². The van der Waals surface area contributed by atoms with Crippen LogP contribution in [0.4, 0.5) is 0 Å². The summed E-state index contributed by atoms with van der Waals surface area (Å²) in [5, 5.41) is 9.50. The molecule has 2 aromatic carbocycles. The van der Waals surface area contributed by atoms with Gasteiger partial charge in [0.15, 0.2) is 0 Å². The van der Waals surface area contributed by atoms with Crippen molar-refractivity contribution >= 4 is 15.9 Å². The van der Waals surface area contributed by atoms with Gasteiger partial charge in [0, 0.05) is 25.2 Å². The zero-order valence-corrected chi connectivity index (χ0v) is 15.7. The summed E-state index contributed by atoms with van der Waals surface area (Å²) >= 11 is 3.36. The standard InChI is InChI=1S/C10H13BrO.C10H14O2/c2*11-7-4-8-12-9-10-5-2-1-3-6-10/h1-3,5-6H,4,7-9H2;1-3,5-6,11H,4,7-9H2. The van der Waals surface area contributed by atoms with Gasteiger partial charge in [-0.05, 0) is 24.0 Å². The highest BCUT2D eigenvalue weighted by atomic mass is 79.9. The molecule has 24 heavy (non-hydrogen) atoms. The lowest BCUT2D eigenvalue weighted by atomic mass is 10.2. The third kappa shape index (κ3) is 11.4. The molecular weight excluding hydrogens is 368 g/mol. The Kier molecular flexibility index (Phi) is 13.3. The Bertz CT molecular complexity index is 443. The summed E-state index contributed by atoms with van der Waals surface area (Å²) in [5.74, 6) is 0. The summed E-state index contributed by atoms with van der Waals surface area (Å²) in [4.78, 5) is 0. The maximum absolute atomic E-state index is 8.48. The molecule has 0 bridgehead atoms. The molecule has 2 rings (SSSR count). The molecule has 0 heterocycles. The van der Waals surface area contributed by atoms with E-state index < -0.39 is 0 Å². The highest BCUT2D eigenvalue weighted by Crippen LogP contribution is 2.01. The topological polar surface area (TPSA) is 38.7 Å². The molecular formula is C20H27BrO3. The fraction of sp³-hybridized carbons (Fsp3) is 0.400. The van der Waals surface area contributed by atoms with Gasteiger partial charge < -0.3 is 14.6 Å². The lowest BCUT2D eigenvalue weighted by Crippen LogP contribution is -1.97. The number of hydrogen-bond acceptors (Lipinski definition) is 3. The summed E-state index contributed by atoms with van der Waals surface area (Å²) in [5.41, 5.74) is 2.42. The number of benzene rings is 2. The first kappa shape index (κ1) is 20.8. The fourth-order valence-electron chi connectivity index (χ4n) is 1.85. The second-order valence-corrected chi connectivity index (χ2v) is 5.99. The molecule has 3 nitrogen and oxygen atoms in total. The van der Waals surface area contributed by atoms with Crippen LogP contribution < -0.4 is 0 Å². The summed E-state index contributed by atoms with van der Waals surface area (Å²) in [7, 11) is 0. The lowest BCUT2D eigenvalue weighted by Gasteiger charge is -2.01. The maximum Gasteiger partial charge on any atom is 0.0716 e. The van der Waals surface area contributed by atoms with E-state index in [1.165, 1.54) is 11.1 Å². The van der Waals surface area contributed by atoms with Crippen molar-refractivity contribution in [3.05, 3.63) is 71.8 Å². The van der Waals surface area contributed by atoms with E-state index >= 15 is 0 Å². The van der Waals surface area contributed by atoms with Gasteiger partial charge in [-0.1, -0.05) is 76.6 Å². The monoisotopic (exact) mass is 394 g/mol. The first-order chi connectivity index (χ1) is 11.9. The molecule has 0 fully saturated rings. The smallest absolute Gasteiger partial charge is 0.0716 e. The maximum atomic E-state index is 8.48. The minimum Gasteiger partial charge on any atom is -0.396 e. The number of rotatable bonds is 10. The van der Waals surface area contributed by atoms with E-state index in [1.54, 1.807) is 0 Å². The highest BCUT2D eigenvalue weighted by molar-refractivity contribution is 9.09. The minimum atomic E-state index is 0.203. The zero-order valence-electron chi connectivity index (χ0n) is 14.1. The van der Waals surface area contributed by atoms with Gasteiger partial charge in [-0.2, -0.15) is 0 Å². The molecule has 0 saturated carbocycles. The minimum absolute atomic E-state index is 0.203. The van der Waals surface area contributed by atoms with Crippen LogP contribution in [0.15, 0.2) is 60.7 Å². The summed E-state index contributed by atoms with van der Waals surface area (Å²) < 4.78 is 10.7. The molecule has 0 aromatic heterocycles. The van der Waals surface area contributed by atoms with Crippen LogP contribution in [0.5, 0.6) is 0 Å². The molecule has 0 atom stereocenters. The lowest BCUT2D eigenvalue weighted by molar-refractivity contribution is 0.104. The van der Waals surface area contributed by atoms with Crippen molar-refractivity contribution in [2.24, 2.45) is 0 Å². The second kappa shape index (κ2) is 15.3. The van der Waals surface area contributed by atoms with Crippen LogP contribution in [0.25, 0.3) is 0 Å². The molecule has 0 unspecified atom stereocenters. The van der Waals surface area contributed by atoms with Crippen LogP contribution in [-0.4, -0.2) is 30.3 Å². The van der Waals surface area contributed by atoms with Crippen LogP contribution in [0, 0.1) is 0 Å². The number of alkyl halides is 1. The van der Waals surface area contributed by atoms with Gasteiger partial charge in [-0.3, -0.25) is 0 Å². The number of aliphatic hydroxyl groups is 1. The van der Waals surface area contributed by atoms with Crippen molar-refractivity contribution < 1.29 is 14.6 Å². The SMILES string of the molecule is BrCCCOCc1ccccc1.OCCCOCc1ccccc1. The molecule has 0 aliphatic rings. The molecule has 0 aliphatic heterocycles. The molecule has 0 spiro atoms. The fourth-order valence-corrected chi connectivity index (χ4v) is 2.08. The van der Waals surface area contributed by atoms with Crippen LogP contribution >= 0.6 is 15.9 Å². The normalized spacial score (nSPS) is 10.1. The molecule has 0 radical (unpaired) electrons. The van der Waals surface area contributed by atoms with Crippen molar-refractivity contribution in [2.45, 2.75) is 26.1 Å². The van der Waals surface area contributed by atoms with Gasteiger partial charge >= 0.3 is 0 Å². The largest absolute Gasteiger partial charge is 0.396 e. The third-order valence-corrected chi connectivity index (χ3v) is 3.65. The van der Waals surface area contributed by atoms with Crippen LogP contribution in [0.1, 0.15) is 24.0 Å². The van der Waals surface area contributed by atoms with Crippen LogP contribution in [0.2, 0.25) is 0 Å². The number of ether oxygens (including phenoxy) is 2. The van der Waals surface area contributed by atoms with E-state index in [4.69, 9.17) is 14.6 Å². The zero-order chi connectivity index (χ0) is 17.3. The predicted octanol–water partition coefficient (Wildman–Crippen LogP) is 4.57. The van der Waals surface area contributed by atoms with E-state index in [1.807, 2.05) is 48.5 Å². The molecule has 4 heteroatoms. The molecule has 0 amide bonds. The van der Waals surface area contributed by atoms with Gasteiger partial charge in [0.25, 0.3) is 0 Å². The highest BCUT2D eigenvalue weighted by Gasteiger charge is 1.91. The molecule has 1 N–H and O–H groups in total. The van der Waals surface area contributed by atoms with Crippen molar-refractivity contribution in [2.75, 3.05) is 25.2 Å². The first-order valence-corrected chi connectivity index (χ1v) is 9.39. The number of aliphatic hydroxyl groups excluding tert-OH is 1. The first-order valence-electron chi connectivity index (χ1n) is 8.27. The van der Waals surface area contributed by atoms with Crippen LogP contribution in [0.3, 0.4) is 0 Å². The number of hydrogen-bond donors (Lipinski definition) is 1. The summed E-state index contributed by atoms with van der Waals surface area (Å²) in [6.45, 7) is 3.04. The Labute approximate surface area is 153 Å². The van der Waals surface area contributed by atoms with E-state index in [0.29, 0.717) is 19.6 Å². The summed E-state index contributed by atoms with van der Waals surface area (Å²) in [6.07, 6.45) is 1.79. The van der Waals surface area contributed by atoms with E-state index in [9.17, 15) is 0 Å². The van der Waals surface area contributed by atoms with Gasteiger partial charge in [-0.15, -0.1) is 0 Å². The van der Waals surface area contributed by atoms with Crippen molar-refractivity contribution in [3.63, 3.8) is 0 Å². The number of halogens is 1. The van der Waals surface area contributed by atoms with Gasteiger partial charge in [0.1, 0.15) is 0 Å². The van der Waals surface area contributed by atoms with Crippen molar-refractivity contribution in [1.82, 2.24) is 0 Å². The summed E-state index contributed by atoms with van der Waals surface area (Å²) in [6, 6.07) is 20.3. The van der Waals surface area contributed by atoms with E-state index in [0.717, 1.165) is 25.0 Å². The average molecular weight is 395 g/mol. The molecule has 2 aromatic rings. The Morgan fingerprint density at radius 1 is 0.708 bits per heavy atom. The predicted molar refractivity (Wildman–Crippen MR) is 102 cm³/mol. The molecule has 132 valence electrons. The molecule has 0 aliphatic carbocycles. The molecule has 0 saturated heterocycles. The van der Waals surface area contributed by atoms with E-state index in [2.05, 4.69) is 28.1 Å². The van der Waals surface area contributed by atoms with E-state index in [-0.39, 0.29) is 6.61 Å². The second-order valence-electron chi connectivity index (χ2n) is 5.20. The van der Waals surface area contributed by atoms with Gasteiger partial charge in [0.05, 0.1) is 13.2 Å². The Morgan fingerprint density at radius 3 is 1.58 bits per heavy atom. The Morgan fingerprint density at radius 2 is 1.17 bits per heavy atom. The van der Waals surface area contributed by atoms with Crippen molar-refractivity contribution in [3.8, 4) is 0 Å². The van der Waals surface area contributed by atoms with Gasteiger partial charge in [-0.25, -0.2) is 0 Å². The van der Waals surface area contributed by atoms with Crippen molar-refractivity contribution in [1.29, 1.82) is 0 Å². The third-order valence-electron chi connectivity index (χ3n) is 3.09. The van der Waals surface area contributed by atoms with Gasteiger partial charge in [0.2, 0.25) is 0 Å². The quantitative estimate of drug-likeness (QED) is 0.473.